The summed E-state index contributed by atoms with van der Waals surface area (Å²) >= 11 is 7.86. The van der Waals surface area contributed by atoms with Crippen LogP contribution in [0.3, 0.4) is 0 Å². The number of aromatic nitrogens is 1. The minimum absolute atomic E-state index is 0.00622. The molecule has 3 aromatic rings. The Kier molecular flexibility index (Phi) is 11.9. The molecule has 0 atom stereocenters. The molecule has 0 saturated carbocycles. The smallest absolute Gasteiger partial charge is 0.418 e. The third-order valence-electron chi connectivity index (χ3n) is 8.62. The molecule has 13 heteroatoms. The van der Waals surface area contributed by atoms with Gasteiger partial charge in [-0.1, -0.05) is 23.7 Å². The molecule has 264 valence electrons. The first-order chi connectivity index (χ1) is 23.3. The van der Waals surface area contributed by atoms with Crippen molar-refractivity contribution in [2.75, 3.05) is 61.8 Å². The number of amides is 2. The molecular formula is C36H43ClF3N5O3S. The molecule has 2 fully saturated rings. The number of carbonyl (C=O) groups excluding carboxylic acids is 2. The van der Waals surface area contributed by atoms with Gasteiger partial charge in [0.15, 0.2) is 0 Å². The third-order valence-corrected chi connectivity index (χ3v) is 10.2. The van der Waals surface area contributed by atoms with E-state index >= 15 is 0 Å². The summed E-state index contributed by atoms with van der Waals surface area (Å²) < 4.78 is 47.9. The summed E-state index contributed by atoms with van der Waals surface area (Å²) in [6.45, 7) is 7.93. The number of carbonyl (C=O) groups is 2. The Bertz CT molecular complexity index is 1590. The molecule has 5 rings (SSSR count). The first-order valence-electron chi connectivity index (χ1n) is 16.6. The van der Waals surface area contributed by atoms with E-state index in [2.05, 4.69) is 10.3 Å². The van der Waals surface area contributed by atoms with Crippen molar-refractivity contribution in [3.05, 3.63) is 71.5 Å². The van der Waals surface area contributed by atoms with E-state index in [1.165, 1.54) is 11.0 Å². The number of hydrogen-bond acceptors (Lipinski definition) is 7. The Hall–Kier alpha value is -3.64. The fourth-order valence-electron chi connectivity index (χ4n) is 5.99. The van der Waals surface area contributed by atoms with E-state index in [1.54, 1.807) is 49.7 Å². The zero-order valence-electron chi connectivity index (χ0n) is 28.1. The van der Waals surface area contributed by atoms with Crippen LogP contribution in [0.25, 0.3) is 11.1 Å². The summed E-state index contributed by atoms with van der Waals surface area (Å²) in [5.41, 5.74) is 1.12. The number of benzene rings is 2. The van der Waals surface area contributed by atoms with Crippen molar-refractivity contribution in [1.29, 1.82) is 0 Å². The molecule has 1 N–H and O–H groups in total. The van der Waals surface area contributed by atoms with Crippen molar-refractivity contribution >= 4 is 46.7 Å². The van der Waals surface area contributed by atoms with Crippen LogP contribution in [0.15, 0.2) is 65.8 Å². The van der Waals surface area contributed by atoms with E-state index in [1.807, 2.05) is 41.4 Å². The molecule has 0 aliphatic carbocycles. The number of nitrogens with zero attached hydrogens (tertiary/aromatic N) is 4. The lowest BCUT2D eigenvalue weighted by Crippen LogP contribution is -2.50. The molecule has 2 aliphatic heterocycles. The number of halogens is 4. The third kappa shape index (κ3) is 10.2. The summed E-state index contributed by atoms with van der Waals surface area (Å²) in [7, 11) is 0. The largest absolute Gasteiger partial charge is 0.444 e. The van der Waals surface area contributed by atoms with Crippen LogP contribution >= 0.6 is 23.4 Å². The van der Waals surface area contributed by atoms with Crippen molar-refractivity contribution in [3.8, 4) is 11.1 Å². The first-order valence-corrected chi connectivity index (χ1v) is 17.9. The number of thioether (sulfide) groups is 1. The molecule has 1 aromatic heterocycles. The average Bonchev–Trinajstić information content (AvgIpc) is 3.07. The van der Waals surface area contributed by atoms with Gasteiger partial charge in [0.1, 0.15) is 5.60 Å². The van der Waals surface area contributed by atoms with Gasteiger partial charge in [-0.25, -0.2) is 4.79 Å². The number of ether oxygens (including phenoxy) is 1. The highest BCUT2D eigenvalue weighted by Crippen LogP contribution is 2.39. The fourth-order valence-corrected chi connectivity index (χ4v) is 7.35. The molecule has 0 unspecified atom stereocenters. The molecule has 0 spiro atoms. The van der Waals surface area contributed by atoms with Crippen molar-refractivity contribution in [1.82, 2.24) is 14.8 Å². The number of hydrogen-bond donors (Lipinski definition) is 1. The highest BCUT2D eigenvalue weighted by molar-refractivity contribution is 7.99. The molecule has 49 heavy (non-hydrogen) atoms. The van der Waals surface area contributed by atoms with E-state index in [0.29, 0.717) is 29.7 Å². The van der Waals surface area contributed by atoms with E-state index < -0.39 is 23.4 Å². The van der Waals surface area contributed by atoms with E-state index in [0.717, 1.165) is 40.7 Å². The van der Waals surface area contributed by atoms with Crippen LogP contribution in [0.1, 0.15) is 45.6 Å². The Morgan fingerprint density at radius 1 is 0.959 bits per heavy atom. The van der Waals surface area contributed by atoms with E-state index in [9.17, 15) is 22.8 Å². The molecule has 2 aromatic carbocycles. The Balaban J connectivity index is 1.08. The van der Waals surface area contributed by atoms with Gasteiger partial charge in [-0.3, -0.25) is 9.78 Å². The number of piperazine rings is 1. The minimum atomic E-state index is -4.57. The van der Waals surface area contributed by atoms with Crippen molar-refractivity contribution in [3.63, 3.8) is 0 Å². The summed E-state index contributed by atoms with van der Waals surface area (Å²) in [4.78, 5) is 35.9. The number of rotatable bonds is 9. The summed E-state index contributed by atoms with van der Waals surface area (Å²) in [6.07, 6.45) is 0.625. The maximum atomic E-state index is 14.2. The zero-order chi connectivity index (χ0) is 35.2. The number of nitrogens with one attached hydrogen (secondary N) is 1. The molecule has 2 aliphatic rings. The van der Waals surface area contributed by atoms with Crippen LogP contribution in [0.2, 0.25) is 5.02 Å². The maximum Gasteiger partial charge on any atom is 0.418 e. The quantitative estimate of drug-likeness (QED) is 0.223. The lowest BCUT2D eigenvalue weighted by Gasteiger charge is -2.37. The average molecular weight is 718 g/mol. The SMILES string of the molecule is CC(C)(C)OC(=O)N1CCN(c2ccc(NCCC(=O)N3CCC(CSc4ccncc4-c4ccc(Cl)cc4)CC3)cc2C(F)(F)F)CC1. The number of anilines is 2. The van der Waals surface area contributed by atoms with Gasteiger partial charge >= 0.3 is 12.3 Å². The molecule has 2 amide bonds. The monoisotopic (exact) mass is 717 g/mol. The minimum Gasteiger partial charge on any atom is -0.444 e. The predicted octanol–water partition coefficient (Wildman–Crippen LogP) is 8.31. The number of likely N-dealkylation sites (tertiary alicyclic amines) is 1. The highest BCUT2D eigenvalue weighted by atomic mass is 35.5. The lowest BCUT2D eigenvalue weighted by molar-refractivity contribution is -0.137. The fraction of sp³-hybridized carbons (Fsp3) is 0.472. The number of alkyl halides is 3. The first kappa shape index (κ1) is 36.6. The van der Waals surface area contributed by atoms with Gasteiger partial charge in [0.05, 0.1) is 5.56 Å². The normalized spacial score (nSPS) is 16.1. The second-order valence-corrected chi connectivity index (χ2v) is 14.9. The molecule has 0 bridgehead atoms. The van der Waals surface area contributed by atoms with Crippen molar-refractivity contribution in [2.45, 2.75) is 56.7 Å². The van der Waals surface area contributed by atoms with Crippen molar-refractivity contribution in [2.24, 2.45) is 5.92 Å². The molecule has 8 nitrogen and oxygen atoms in total. The molecule has 2 saturated heterocycles. The van der Waals surface area contributed by atoms with Gasteiger partial charge < -0.3 is 24.8 Å². The molecule has 3 heterocycles. The summed E-state index contributed by atoms with van der Waals surface area (Å²) in [5, 5.41) is 3.71. The van der Waals surface area contributed by atoms with Gasteiger partial charge in [0.2, 0.25) is 5.91 Å². The Morgan fingerprint density at radius 2 is 1.65 bits per heavy atom. The topological polar surface area (TPSA) is 78.0 Å². The van der Waals surface area contributed by atoms with Crippen LogP contribution in [-0.2, 0) is 15.7 Å². The van der Waals surface area contributed by atoms with Crippen LogP contribution in [0.4, 0.5) is 29.3 Å². The summed E-state index contributed by atoms with van der Waals surface area (Å²) in [6, 6.07) is 13.9. The van der Waals surface area contributed by atoms with Crippen LogP contribution in [0, 0.1) is 5.92 Å². The summed E-state index contributed by atoms with van der Waals surface area (Å²) in [5.74, 6) is 1.40. The van der Waals surface area contributed by atoms with E-state index in [4.69, 9.17) is 16.3 Å². The molecule has 0 radical (unpaired) electrons. The van der Waals surface area contributed by atoms with Crippen LogP contribution in [-0.4, -0.2) is 84.0 Å². The van der Waals surface area contributed by atoms with E-state index in [-0.39, 0.29) is 50.7 Å². The van der Waals surface area contributed by atoms with Gasteiger partial charge in [0.25, 0.3) is 0 Å². The van der Waals surface area contributed by atoms with Crippen LogP contribution in [0.5, 0.6) is 0 Å². The Labute approximate surface area is 295 Å². The zero-order valence-corrected chi connectivity index (χ0v) is 29.6. The number of pyridine rings is 1. The van der Waals surface area contributed by atoms with Gasteiger partial charge in [-0.15, -0.1) is 11.8 Å². The maximum absolute atomic E-state index is 14.2. The second kappa shape index (κ2) is 15.9. The molecular weight excluding hydrogens is 675 g/mol. The number of piperidine rings is 1. The van der Waals surface area contributed by atoms with Gasteiger partial charge in [-0.2, -0.15) is 13.2 Å². The Morgan fingerprint density at radius 3 is 2.31 bits per heavy atom. The van der Waals surface area contributed by atoms with Crippen molar-refractivity contribution < 1.29 is 27.5 Å². The van der Waals surface area contributed by atoms with Crippen LogP contribution < -0.4 is 10.2 Å². The lowest BCUT2D eigenvalue weighted by atomic mass is 9.99. The highest BCUT2D eigenvalue weighted by Gasteiger charge is 2.36. The second-order valence-electron chi connectivity index (χ2n) is 13.4. The standard InChI is InChI=1S/C36H43ClF3N5O3S/c1-35(2,3)48-34(47)45-20-18-43(19-21-45)31-9-8-28(22-30(31)36(38,39)40)42-15-11-33(46)44-16-12-25(13-17-44)24-49-32-10-14-41-23-29(32)26-4-6-27(37)7-5-26/h4-10,14,22-23,25,42H,11-13,15-21,24H2,1-3H3. The predicted molar refractivity (Wildman–Crippen MR) is 189 cm³/mol. The van der Waals surface area contributed by atoms with Gasteiger partial charge in [0, 0.05) is 97.2 Å². The van der Waals surface area contributed by atoms with Gasteiger partial charge in [-0.05, 0) is 81.5 Å².